The topological polar surface area (TPSA) is 32.3 Å². The van der Waals surface area contributed by atoms with Gasteiger partial charge in [0, 0.05) is 12.2 Å². The van der Waals surface area contributed by atoms with Crippen molar-refractivity contribution in [1.29, 1.82) is 0 Å². The number of nitrogens with one attached hydrogen (secondary N) is 1. The van der Waals surface area contributed by atoms with Gasteiger partial charge >= 0.3 is 6.18 Å². The molecule has 0 saturated heterocycles. The molecule has 0 heterocycles. The van der Waals surface area contributed by atoms with Gasteiger partial charge in [0.05, 0.1) is 0 Å². The quantitative estimate of drug-likeness (QED) is 0.791. The van der Waals surface area contributed by atoms with Gasteiger partial charge in [-0.15, -0.1) is 0 Å². The standard InChI is InChI=1S/C9H10F3NO/c10-9(11,12)8(14)6-13-7-4-2-1-3-5-7/h1-5,8,13-14H,6H2. The molecule has 0 aliphatic heterocycles. The second-order valence-corrected chi connectivity index (χ2v) is 2.80. The molecule has 1 aromatic carbocycles. The van der Waals surface area contributed by atoms with E-state index >= 15 is 0 Å². The van der Waals surface area contributed by atoms with Crippen molar-refractivity contribution in [1.82, 2.24) is 0 Å². The first-order valence-electron chi connectivity index (χ1n) is 4.04. The van der Waals surface area contributed by atoms with Crippen LogP contribution in [0.3, 0.4) is 0 Å². The Hall–Kier alpha value is -1.23. The fourth-order valence-corrected chi connectivity index (χ4v) is 0.886. The lowest BCUT2D eigenvalue weighted by Crippen LogP contribution is -2.34. The van der Waals surface area contributed by atoms with E-state index in [-0.39, 0.29) is 0 Å². The van der Waals surface area contributed by atoms with Gasteiger partial charge in [-0.05, 0) is 12.1 Å². The number of benzene rings is 1. The molecule has 1 aromatic rings. The minimum atomic E-state index is -4.57. The van der Waals surface area contributed by atoms with Crippen LogP contribution in [0.1, 0.15) is 0 Å². The molecular formula is C9H10F3NO. The van der Waals surface area contributed by atoms with Crippen LogP contribution in [0, 0.1) is 0 Å². The normalized spacial score (nSPS) is 13.7. The molecule has 0 bridgehead atoms. The van der Waals surface area contributed by atoms with E-state index in [1.165, 1.54) is 0 Å². The van der Waals surface area contributed by atoms with Gasteiger partial charge in [-0.2, -0.15) is 13.2 Å². The fourth-order valence-electron chi connectivity index (χ4n) is 0.886. The van der Waals surface area contributed by atoms with E-state index in [0.29, 0.717) is 5.69 Å². The number of anilines is 1. The highest BCUT2D eigenvalue weighted by Gasteiger charge is 2.37. The predicted molar refractivity (Wildman–Crippen MR) is 47.0 cm³/mol. The summed E-state index contributed by atoms with van der Waals surface area (Å²) in [6.07, 6.45) is -6.90. The molecule has 2 nitrogen and oxygen atoms in total. The third-order valence-electron chi connectivity index (χ3n) is 1.65. The first-order chi connectivity index (χ1) is 6.50. The third kappa shape index (κ3) is 3.26. The van der Waals surface area contributed by atoms with Crippen LogP contribution >= 0.6 is 0 Å². The molecule has 78 valence electrons. The fraction of sp³-hybridized carbons (Fsp3) is 0.333. The molecule has 1 unspecified atom stereocenters. The first-order valence-corrected chi connectivity index (χ1v) is 4.04. The van der Waals surface area contributed by atoms with Crippen LogP contribution in [0.2, 0.25) is 0 Å². The largest absolute Gasteiger partial charge is 0.416 e. The highest BCUT2D eigenvalue weighted by atomic mass is 19.4. The van der Waals surface area contributed by atoms with E-state index in [1.807, 2.05) is 0 Å². The molecule has 5 heteroatoms. The predicted octanol–water partition coefficient (Wildman–Crippen LogP) is 2.02. The summed E-state index contributed by atoms with van der Waals surface area (Å²) in [4.78, 5) is 0. The van der Waals surface area contributed by atoms with Crippen LogP contribution in [0.15, 0.2) is 30.3 Å². The molecule has 0 radical (unpaired) electrons. The second-order valence-electron chi connectivity index (χ2n) is 2.80. The van der Waals surface area contributed by atoms with Gasteiger partial charge in [0.15, 0.2) is 6.10 Å². The lowest BCUT2D eigenvalue weighted by Gasteiger charge is -2.15. The lowest BCUT2D eigenvalue weighted by atomic mass is 10.3. The van der Waals surface area contributed by atoms with E-state index in [0.717, 1.165) is 0 Å². The van der Waals surface area contributed by atoms with Gasteiger partial charge in [0.1, 0.15) is 0 Å². The maximum atomic E-state index is 11.9. The Balaban J connectivity index is 2.42. The molecule has 0 amide bonds. The van der Waals surface area contributed by atoms with Crippen LogP contribution in [0.4, 0.5) is 18.9 Å². The molecule has 14 heavy (non-hydrogen) atoms. The van der Waals surface area contributed by atoms with E-state index < -0.39 is 18.8 Å². The zero-order valence-corrected chi connectivity index (χ0v) is 7.25. The molecular weight excluding hydrogens is 195 g/mol. The summed E-state index contributed by atoms with van der Waals surface area (Å²) in [5.41, 5.74) is 0.552. The van der Waals surface area contributed by atoms with Crippen LogP contribution in [0.5, 0.6) is 0 Å². The number of aliphatic hydroxyl groups is 1. The number of hydrogen-bond donors (Lipinski definition) is 2. The lowest BCUT2D eigenvalue weighted by molar-refractivity contribution is -0.198. The third-order valence-corrected chi connectivity index (χ3v) is 1.65. The second kappa shape index (κ2) is 4.32. The monoisotopic (exact) mass is 205 g/mol. The summed E-state index contributed by atoms with van der Waals surface area (Å²) >= 11 is 0. The zero-order chi connectivity index (χ0) is 10.6. The summed E-state index contributed by atoms with van der Waals surface area (Å²) in [6.45, 7) is -0.534. The van der Waals surface area contributed by atoms with E-state index in [2.05, 4.69) is 5.32 Å². The molecule has 2 N–H and O–H groups in total. The van der Waals surface area contributed by atoms with Crippen molar-refractivity contribution in [2.75, 3.05) is 11.9 Å². The SMILES string of the molecule is OC(CNc1ccccc1)C(F)(F)F. The summed E-state index contributed by atoms with van der Waals surface area (Å²) in [5, 5.41) is 11.1. The summed E-state index contributed by atoms with van der Waals surface area (Å²) in [6, 6.07) is 8.40. The molecule has 0 aliphatic carbocycles. The van der Waals surface area contributed by atoms with Crippen molar-refractivity contribution in [3.8, 4) is 0 Å². The number of rotatable bonds is 3. The Morgan fingerprint density at radius 3 is 2.29 bits per heavy atom. The molecule has 0 spiro atoms. The van der Waals surface area contributed by atoms with Crippen LogP contribution < -0.4 is 5.32 Å². The van der Waals surface area contributed by atoms with Gasteiger partial charge < -0.3 is 10.4 Å². The van der Waals surface area contributed by atoms with Crippen molar-refractivity contribution < 1.29 is 18.3 Å². The number of aliphatic hydroxyl groups excluding tert-OH is 1. The van der Waals surface area contributed by atoms with Crippen molar-refractivity contribution in [3.63, 3.8) is 0 Å². The Bertz CT molecular complexity index is 273. The van der Waals surface area contributed by atoms with Crippen LogP contribution in [-0.2, 0) is 0 Å². The smallest absolute Gasteiger partial charge is 0.382 e. The number of alkyl halides is 3. The van der Waals surface area contributed by atoms with E-state index in [9.17, 15) is 13.2 Å². The van der Waals surface area contributed by atoms with Gasteiger partial charge in [0.2, 0.25) is 0 Å². The Morgan fingerprint density at radius 2 is 1.79 bits per heavy atom. The van der Waals surface area contributed by atoms with Gasteiger partial charge in [-0.1, -0.05) is 18.2 Å². The molecule has 0 fully saturated rings. The minimum Gasteiger partial charge on any atom is -0.382 e. The number of halogens is 3. The van der Waals surface area contributed by atoms with Gasteiger partial charge in [-0.25, -0.2) is 0 Å². The Labute approximate surface area is 79.4 Å². The molecule has 1 rings (SSSR count). The summed E-state index contributed by atoms with van der Waals surface area (Å²) in [5.74, 6) is 0. The van der Waals surface area contributed by atoms with E-state index in [4.69, 9.17) is 5.11 Å². The molecule has 0 aromatic heterocycles. The van der Waals surface area contributed by atoms with Gasteiger partial charge in [0.25, 0.3) is 0 Å². The Kier molecular flexibility index (Phi) is 3.35. The van der Waals surface area contributed by atoms with Crippen molar-refractivity contribution in [3.05, 3.63) is 30.3 Å². The maximum Gasteiger partial charge on any atom is 0.416 e. The van der Waals surface area contributed by atoms with Crippen molar-refractivity contribution in [2.45, 2.75) is 12.3 Å². The minimum absolute atomic E-state index is 0.534. The molecule has 0 aliphatic rings. The highest BCUT2D eigenvalue weighted by Crippen LogP contribution is 2.20. The first kappa shape index (κ1) is 10.8. The number of para-hydroxylation sites is 1. The summed E-state index contributed by atoms with van der Waals surface area (Å²) < 4.78 is 35.6. The average molecular weight is 205 g/mol. The summed E-state index contributed by atoms with van der Waals surface area (Å²) in [7, 11) is 0. The van der Waals surface area contributed by atoms with E-state index in [1.54, 1.807) is 30.3 Å². The van der Waals surface area contributed by atoms with Crippen molar-refractivity contribution >= 4 is 5.69 Å². The average Bonchev–Trinajstić information content (AvgIpc) is 2.14. The van der Waals surface area contributed by atoms with Crippen LogP contribution in [0.25, 0.3) is 0 Å². The maximum absolute atomic E-state index is 11.9. The Morgan fingerprint density at radius 1 is 1.21 bits per heavy atom. The van der Waals surface area contributed by atoms with Crippen molar-refractivity contribution in [2.24, 2.45) is 0 Å². The molecule has 1 atom stereocenters. The van der Waals surface area contributed by atoms with Crippen LogP contribution in [-0.4, -0.2) is 23.9 Å². The highest BCUT2D eigenvalue weighted by molar-refractivity contribution is 5.42. The molecule has 0 saturated carbocycles. The zero-order valence-electron chi connectivity index (χ0n) is 7.25. The number of hydrogen-bond acceptors (Lipinski definition) is 2. The van der Waals surface area contributed by atoms with Gasteiger partial charge in [-0.3, -0.25) is 0 Å².